The standard InChI is InChI=1S/C11H14ClN3O3/c1-13-10-2-6(7(12)3-14-10)11(18)15-4-8(16)9(17)5-15/h2-3,8-9,16-17H,4-5H2,1H3,(H,13,14). The van der Waals surface area contributed by atoms with E-state index in [9.17, 15) is 15.0 Å². The van der Waals surface area contributed by atoms with Crippen LogP contribution in [-0.2, 0) is 0 Å². The number of halogens is 1. The highest BCUT2D eigenvalue weighted by Gasteiger charge is 2.33. The molecule has 0 radical (unpaired) electrons. The molecular weight excluding hydrogens is 258 g/mol. The van der Waals surface area contributed by atoms with Crippen molar-refractivity contribution in [3.63, 3.8) is 0 Å². The highest BCUT2D eigenvalue weighted by atomic mass is 35.5. The molecule has 1 aromatic rings. The molecule has 0 aromatic carbocycles. The van der Waals surface area contributed by atoms with Crippen molar-refractivity contribution in [2.75, 3.05) is 25.5 Å². The van der Waals surface area contributed by atoms with Crippen LogP contribution in [0.4, 0.5) is 5.82 Å². The molecule has 1 saturated heterocycles. The van der Waals surface area contributed by atoms with Crippen molar-refractivity contribution in [1.82, 2.24) is 9.88 Å². The largest absolute Gasteiger partial charge is 0.388 e. The van der Waals surface area contributed by atoms with Crippen LogP contribution in [0.15, 0.2) is 12.3 Å². The molecule has 1 aliphatic rings. The number of hydrogen-bond acceptors (Lipinski definition) is 5. The fourth-order valence-electron chi connectivity index (χ4n) is 1.84. The molecule has 2 unspecified atom stereocenters. The molecule has 1 amide bonds. The Kier molecular flexibility index (Phi) is 3.70. The Balaban J connectivity index is 2.23. The van der Waals surface area contributed by atoms with E-state index >= 15 is 0 Å². The zero-order valence-electron chi connectivity index (χ0n) is 9.80. The second-order valence-electron chi connectivity index (χ2n) is 4.14. The van der Waals surface area contributed by atoms with Crippen LogP contribution in [0.1, 0.15) is 10.4 Å². The fourth-order valence-corrected chi connectivity index (χ4v) is 2.03. The number of aromatic nitrogens is 1. The molecule has 2 heterocycles. The van der Waals surface area contributed by atoms with Crippen LogP contribution in [0.5, 0.6) is 0 Å². The lowest BCUT2D eigenvalue weighted by molar-refractivity contribution is 0.0572. The van der Waals surface area contributed by atoms with Gasteiger partial charge >= 0.3 is 0 Å². The van der Waals surface area contributed by atoms with E-state index in [1.54, 1.807) is 13.1 Å². The van der Waals surface area contributed by atoms with E-state index < -0.39 is 12.2 Å². The Hall–Kier alpha value is -1.37. The second-order valence-corrected chi connectivity index (χ2v) is 4.55. The lowest BCUT2D eigenvalue weighted by Crippen LogP contribution is -2.30. The van der Waals surface area contributed by atoms with Gasteiger partial charge in [-0.05, 0) is 6.07 Å². The maximum Gasteiger partial charge on any atom is 0.255 e. The average Bonchev–Trinajstić information content (AvgIpc) is 2.69. The molecule has 2 rings (SSSR count). The molecule has 18 heavy (non-hydrogen) atoms. The quantitative estimate of drug-likeness (QED) is 0.702. The van der Waals surface area contributed by atoms with Gasteiger partial charge in [0.05, 0.1) is 22.8 Å². The van der Waals surface area contributed by atoms with Gasteiger partial charge in [-0.15, -0.1) is 0 Å². The van der Waals surface area contributed by atoms with Crippen molar-refractivity contribution < 1.29 is 15.0 Å². The Morgan fingerprint density at radius 3 is 2.67 bits per heavy atom. The molecule has 6 nitrogen and oxygen atoms in total. The van der Waals surface area contributed by atoms with Crippen molar-refractivity contribution in [3.8, 4) is 0 Å². The zero-order valence-corrected chi connectivity index (χ0v) is 10.6. The molecule has 0 bridgehead atoms. The monoisotopic (exact) mass is 271 g/mol. The highest BCUT2D eigenvalue weighted by Crippen LogP contribution is 2.22. The molecule has 7 heteroatoms. The van der Waals surface area contributed by atoms with Gasteiger partial charge in [-0.1, -0.05) is 11.6 Å². The smallest absolute Gasteiger partial charge is 0.255 e. The van der Waals surface area contributed by atoms with Crippen molar-refractivity contribution in [2.24, 2.45) is 0 Å². The van der Waals surface area contributed by atoms with Gasteiger partial charge in [0, 0.05) is 26.3 Å². The molecule has 0 saturated carbocycles. The summed E-state index contributed by atoms with van der Waals surface area (Å²) in [5, 5.41) is 21.9. The minimum Gasteiger partial charge on any atom is -0.388 e. The van der Waals surface area contributed by atoms with E-state index in [1.165, 1.54) is 11.1 Å². The molecule has 1 aliphatic heterocycles. The van der Waals surface area contributed by atoms with Crippen LogP contribution in [0.2, 0.25) is 5.02 Å². The molecule has 1 fully saturated rings. The van der Waals surface area contributed by atoms with Crippen molar-refractivity contribution in [2.45, 2.75) is 12.2 Å². The van der Waals surface area contributed by atoms with Crippen molar-refractivity contribution >= 4 is 23.3 Å². The third kappa shape index (κ3) is 2.40. The van der Waals surface area contributed by atoms with Crippen molar-refractivity contribution in [1.29, 1.82) is 0 Å². The number of likely N-dealkylation sites (tertiary alicyclic amines) is 1. The number of carbonyl (C=O) groups excluding carboxylic acids is 1. The van der Waals surface area contributed by atoms with E-state index in [2.05, 4.69) is 10.3 Å². The number of hydrogen-bond donors (Lipinski definition) is 3. The topological polar surface area (TPSA) is 85.7 Å². The van der Waals surface area contributed by atoms with Gasteiger partial charge in [0.15, 0.2) is 0 Å². The van der Waals surface area contributed by atoms with E-state index in [0.29, 0.717) is 11.4 Å². The maximum atomic E-state index is 12.2. The fraction of sp³-hybridized carbons (Fsp3) is 0.455. The first kappa shape index (κ1) is 13.1. The molecule has 0 aliphatic carbocycles. The normalized spacial score (nSPS) is 23.2. The number of amides is 1. The third-order valence-corrected chi connectivity index (χ3v) is 3.19. The maximum absolute atomic E-state index is 12.2. The molecular formula is C11H14ClN3O3. The number of anilines is 1. The molecule has 3 N–H and O–H groups in total. The number of carbonyl (C=O) groups is 1. The summed E-state index contributed by atoms with van der Waals surface area (Å²) < 4.78 is 0. The average molecular weight is 272 g/mol. The Morgan fingerprint density at radius 1 is 1.50 bits per heavy atom. The summed E-state index contributed by atoms with van der Waals surface area (Å²) in [6.07, 6.45) is -0.416. The predicted octanol–water partition coefficient (Wildman–Crippen LogP) is -0.0457. The Morgan fingerprint density at radius 2 is 2.11 bits per heavy atom. The summed E-state index contributed by atoms with van der Waals surface area (Å²) in [6, 6.07) is 1.54. The first-order valence-electron chi connectivity index (χ1n) is 5.51. The van der Waals surface area contributed by atoms with Gasteiger partial charge in [-0.2, -0.15) is 0 Å². The second kappa shape index (κ2) is 5.09. The van der Waals surface area contributed by atoms with Gasteiger partial charge in [0.1, 0.15) is 5.82 Å². The Bertz CT molecular complexity index is 459. The van der Waals surface area contributed by atoms with Gasteiger partial charge in [0.25, 0.3) is 5.91 Å². The summed E-state index contributed by atoms with van der Waals surface area (Å²) in [7, 11) is 1.69. The van der Waals surface area contributed by atoms with Gasteiger partial charge in [-0.3, -0.25) is 4.79 Å². The number of rotatable bonds is 2. The summed E-state index contributed by atoms with van der Waals surface area (Å²) in [4.78, 5) is 17.5. The van der Waals surface area contributed by atoms with Crippen LogP contribution >= 0.6 is 11.6 Å². The van der Waals surface area contributed by atoms with Crippen LogP contribution in [-0.4, -0.2) is 58.3 Å². The summed E-state index contributed by atoms with van der Waals surface area (Å²) >= 11 is 5.94. The molecule has 98 valence electrons. The van der Waals surface area contributed by atoms with Gasteiger partial charge in [0.2, 0.25) is 0 Å². The van der Waals surface area contributed by atoms with Crippen molar-refractivity contribution in [3.05, 3.63) is 22.8 Å². The van der Waals surface area contributed by atoms with E-state index in [-0.39, 0.29) is 24.0 Å². The highest BCUT2D eigenvalue weighted by molar-refractivity contribution is 6.33. The van der Waals surface area contributed by atoms with E-state index in [1.807, 2.05) is 0 Å². The summed E-state index contributed by atoms with van der Waals surface area (Å²) in [5.74, 6) is 0.206. The summed E-state index contributed by atoms with van der Waals surface area (Å²) in [6.45, 7) is 0.209. The summed E-state index contributed by atoms with van der Waals surface area (Å²) in [5.41, 5.74) is 0.303. The number of aliphatic hydroxyl groups is 2. The minimum atomic E-state index is -0.904. The zero-order chi connectivity index (χ0) is 13.3. The van der Waals surface area contributed by atoms with Crippen LogP contribution < -0.4 is 5.32 Å². The van der Waals surface area contributed by atoms with E-state index in [4.69, 9.17) is 11.6 Å². The number of aliphatic hydroxyl groups excluding tert-OH is 2. The Labute approximate surface area is 109 Å². The van der Waals surface area contributed by atoms with Crippen LogP contribution in [0, 0.1) is 0 Å². The molecule has 2 atom stereocenters. The van der Waals surface area contributed by atoms with Crippen LogP contribution in [0.3, 0.4) is 0 Å². The van der Waals surface area contributed by atoms with Gasteiger partial charge in [-0.25, -0.2) is 4.98 Å². The van der Waals surface area contributed by atoms with E-state index in [0.717, 1.165) is 0 Å². The SMILES string of the molecule is CNc1cc(C(=O)N2CC(O)C(O)C2)c(Cl)cn1. The minimum absolute atomic E-state index is 0.105. The first-order valence-corrected chi connectivity index (χ1v) is 5.89. The van der Waals surface area contributed by atoms with Gasteiger partial charge < -0.3 is 20.4 Å². The third-order valence-electron chi connectivity index (χ3n) is 2.89. The lowest BCUT2D eigenvalue weighted by Gasteiger charge is -2.16. The number of pyridine rings is 1. The lowest BCUT2D eigenvalue weighted by atomic mass is 10.2. The first-order chi connectivity index (χ1) is 8.52. The number of nitrogens with zero attached hydrogens (tertiary/aromatic N) is 2. The molecule has 1 aromatic heterocycles. The number of β-amino-alcohol motifs (C(OH)–C–C–N with tert-alkyl or cyclic N) is 2. The van der Waals surface area contributed by atoms with Crippen LogP contribution in [0.25, 0.3) is 0 Å². The number of nitrogens with one attached hydrogen (secondary N) is 1. The predicted molar refractivity (Wildman–Crippen MR) is 66.7 cm³/mol. The molecule has 0 spiro atoms.